The zero-order valence-electron chi connectivity index (χ0n) is 7.99. The van der Waals surface area contributed by atoms with Gasteiger partial charge in [0.25, 0.3) is 0 Å². The van der Waals surface area contributed by atoms with E-state index in [-0.39, 0.29) is 5.92 Å². The molecule has 0 aromatic rings. The summed E-state index contributed by atoms with van der Waals surface area (Å²) in [5.74, 6) is 0.641. The fourth-order valence-electron chi connectivity index (χ4n) is 1.75. The van der Waals surface area contributed by atoms with Crippen LogP contribution in [0.4, 0.5) is 0 Å². The van der Waals surface area contributed by atoms with Crippen LogP contribution in [0.25, 0.3) is 0 Å². The van der Waals surface area contributed by atoms with Crippen LogP contribution in [0.3, 0.4) is 0 Å². The Hall–Kier alpha value is -0.340. The first-order valence-corrected chi connectivity index (χ1v) is 4.56. The largest absolute Gasteiger partial charge is 0.390 e. The van der Waals surface area contributed by atoms with Crippen LogP contribution in [-0.2, 0) is 0 Å². The predicted octanol–water partition coefficient (Wildman–Crippen LogP) is 1.33. The number of aliphatic hydroxyl groups excluding tert-OH is 2. The van der Waals surface area contributed by atoms with Crippen LogP contribution in [0.2, 0.25) is 0 Å². The number of hydrogen-bond donors (Lipinski definition) is 2. The van der Waals surface area contributed by atoms with Gasteiger partial charge in [-0.1, -0.05) is 19.9 Å². The summed E-state index contributed by atoms with van der Waals surface area (Å²) in [6.07, 6.45) is 1.70. The molecule has 0 saturated carbocycles. The Kier molecular flexibility index (Phi) is 2.91. The summed E-state index contributed by atoms with van der Waals surface area (Å²) in [6.45, 7) is 6.02. The molecule has 0 radical (unpaired) electrons. The smallest absolute Gasteiger partial charge is 0.101 e. The zero-order valence-corrected chi connectivity index (χ0v) is 7.99. The third-order valence-electron chi connectivity index (χ3n) is 2.80. The number of hydrogen-bond acceptors (Lipinski definition) is 2. The van der Waals surface area contributed by atoms with Crippen molar-refractivity contribution in [2.75, 3.05) is 0 Å². The molecule has 1 rings (SSSR count). The second-order valence-corrected chi connectivity index (χ2v) is 4.03. The predicted molar refractivity (Wildman–Crippen MR) is 48.7 cm³/mol. The molecule has 0 bridgehead atoms. The van der Waals surface area contributed by atoms with E-state index in [0.717, 1.165) is 12.0 Å². The molecule has 0 aromatic carbocycles. The highest BCUT2D eigenvalue weighted by Gasteiger charge is 2.31. The molecule has 70 valence electrons. The first kappa shape index (κ1) is 9.75. The topological polar surface area (TPSA) is 40.5 Å². The second-order valence-electron chi connectivity index (χ2n) is 4.03. The number of rotatable bonds is 1. The maximum atomic E-state index is 9.69. The monoisotopic (exact) mass is 170 g/mol. The normalized spacial score (nSPS) is 36.8. The highest BCUT2D eigenvalue weighted by Crippen LogP contribution is 2.29. The molecule has 0 saturated heterocycles. The van der Waals surface area contributed by atoms with Crippen LogP contribution in [0.1, 0.15) is 27.2 Å². The summed E-state index contributed by atoms with van der Waals surface area (Å²) in [4.78, 5) is 0. The van der Waals surface area contributed by atoms with E-state index >= 15 is 0 Å². The van der Waals surface area contributed by atoms with Crippen molar-refractivity contribution in [1.82, 2.24) is 0 Å². The molecule has 0 aliphatic heterocycles. The SMILES string of the molecule is CC1=CC[C@@H](C(C)C)[C@@H](O)[C@H]1O. The quantitative estimate of drug-likeness (QED) is 0.583. The molecule has 12 heavy (non-hydrogen) atoms. The third-order valence-corrected chi connectivity index (χ3v) is 2.80. The summed E-state index contributed by atoms with van der Waals surface area (Å²) in [6, 6.07) is 0. The fourth-order valence-corrected chi connectivity index (χ4v) is 1.75. The van der Waals surface area contributed by atoms with Crippen LogP contribution in [-0.4, -0.2) is 22.4 Å². The summed E-state index contributed by atoms with van der Waals surface area (Å²) in [7, 11) is 0. The summed E-state index contributed by atoms with van der Waals surface area (Å²) >= 11 is 0. The van der Waals surface area contributed by atoms with E-state index in [0.29, 0.717) is 5.92 Å². The third kappa shape index (κ3) is 1.70. The molecule has 0 heterocycles. The lowest BCUT2D eigenvalue weighted by Crippen LogP contribution is -2.39. The Morgan fingerprint density at radius 1 is 1.42 bits per heavy atom. The zero-order chi connectivity index (χ0) is 9.30. The van der Waals surface area contributed by atoms with E-state index in [1.165, 1.54) is 0 Å². The van der Waals surface area contributed by atoms with Crippen molar-refractivity contribution >= 4 is 0 Å². The molecule has 2 N–H and O–H groups in total. The van der Waals surface area contributed by atoms with Crippen molar-refractivity contribution in [1.29, 1.82) is 0 Å². The van der Waals surface area contributed by atoms with E-state index in [1.54, 1.807) is 0 Å². The summed E-state index contributed by atoms with van der Waals surface area (Å²) in [5, 5.41) is 19.2. The molecule has 3 atom stereocenters. The molecule has 0 aromatic heterocycles. The van der Waals surface area contributed by atoms with Crippen molar-refractivity contribution in [2.24, 2.45) is 11.8 Å². The van der Waals surface area contributed by atoms with Crippen LogP contribution in [0.5, 0.6) is 0 Å². The van der Waals surface area contributed by atoms with Gasteiger partial charge >= 0.3 is 0 Å². The molecular formula is C10H18O2. The lowest BCUT2D eigenvalue weighted by atomic mass is 9.79. The molecular weight excluding hydrogens is 152 g/mol. The highest BCUT2D eigenvalue weighted by molar-refractivity contribution is 5.13. The van der Waals surface area contributed by atoms with E-state index in [4.69, 9.17) is 0 Å². The molecule has 0 amide bonds. The maximum absolute atomic E-state index is 9.69. The van der Waals surface area contributed by atoms with Gasteiger partial charge in [-0.3, -0.25) is 0 Å². The van der Waals surface area contributed by atoms with Gasteiger partial charge in [0, 0.05) is 0 Å². The Labute approximate surface area is 73.9 Å². The van der Waals surface area contributed by atoms with Crippen molar-refractivity contribution in [3.63, 3.8) is 0 Å². The van der Waals surface area contributed by atoms with E-state index in [1.807, 2.05) is 13.0 Å². The summed E-state index contributed by atoms with van der Waals surface area (Å²) < 4.78 is 0. The molecule has 0 unspecified atom stereocenters. The standard InChI is InChI=1S/C10H18O2/c1-6(2)8-5-4-7(3)9(11)10(8)12/h4,6,8-12H,5H2,1-3H3/t8-,9-,10+/m0/s1. The Morgan fingerprint density at radius 2 is 2.00 bits per heavy atom. The van der Waals surface area contributed by atoms with Crippen LogP contribution in [0, 0.1) is 11.8 Å². The van der Waals surface area contributed by atoms with Gasteiger partial charge in [0.05, 0.1) is 6.10 Å². The fraction of sp³-hybridized carbons (Fsp3) is 0.800. The van der Waals surface area contributed by atoms with Gasteiger partial charge in [-0.25, -0.2) is 0 Å². The average Bonchev–Trinajstić information content (AvgIpc) is 2.00. The van der Waals surface area contributed by atoms with Crippen LogP contribution < -0.4 is 0 Å². The van der Waals surface area contributed by atoms with E-state index in [9.17, 15) is 10.2 Å². The first-order chi connectivity index (χ1) is 5.54. The second kappa shape index (κ2) is 3.58. The van der Waals surface area contributed by atoms with Crippen molar-refractivity contribution in [3.05, 3.63) is 11.6 Å². The van der Waals surface area contributed by atoms with Gasteiger partial charge in [0.2, 0.25) is 0 Å². The summed E-state index contributed by atoms with van der Waals surface area (Å²) in [5.41, 5.74) is 0.902. The van der Waals surface area contributed by atoms with Crippen molar-refractivity contribution < 1.29 is 10.2 Å². The first-order valence-electron chi connectivity index (χ1n) is 4.56. The van der Waals surface area contributed by atoms with Gasteiger partial charge in [0.1, 0.15) is 6.10 Å². The van der Waals surface area contributed by atoms with Crippen molar-refractivity contribution in [2.45, 2.75) is 39.4 Å². The Morgan fingerprint density at radius 3 is 2.50 bits per heavy atom. The van der Waals surface area contributed by atoms with Gasteiger partial charge in [0.15, 0.2) is 0 Å². The Balaban J connectivity index is 2.73. The maximum Gasteiger partial charge on any atom is 0.101 e. The van der Waals surface area contributed by atoms with Crippen LogP contribution >= 0.6 is 0 Å². The minimum absolute atomic E-state index is 0.212. The minimum atomic E-state index is -0.647. The van der Waals surface area contributed by atoms with E-state index in [2.05, 4.69) is 13.8 Å². The molecule has 0 spiro atoms. The number of aliphatic hydroxyl groups is 2. The highest BCUT2D eigenvalue weighted by atomic mass is 16.3. The van der Waals surface area contributed by atoms with Gasteiger partial charge in [-0.2, -0.15) is 0 Å². The lowest BCUT2D eigenvalue weighted by molar-refractivity contribution is -0.0184. The lowest BCUT2D eigenvalue weighted by Gasteiger charge is -2.33. The van der Waals surface area contributed by atoms with Gasteiger partial charge < -0.3 is 10.2 Å². The minimum Gasteiger partial charge on any atom is -0.390 e. The molecule has 1 aliphatic rings. The molecule has 2 nitrogen and oxygen atoms in total. The average molecular weight is 170 g/mol. The van der Waals surface area contributed by atoms with Gasteiger partial charge in [-0.15, -0.1) is 0 Å². The van der Waals surface area contributed by atoms with Gasteiger partial charge in [-0.05, 0) is 30.8 Å². The number of allylic oxidation sites excluding steroid dienone is 1. The van der Waals surface area contributed by atoms with E-state index < -0.39 is 12.2 Å². The molecule has 1 aliphatic carbocycles. The van der Waals surface area contributed by atoms with Crippen LogP contribution in [0.15, 0.2) is 11.6 Å². The molecule has 0 fully saturated rings. The van der Waals surface area contributed by atoms with Crippen molar-refractivity contribution in [3.8, 4) is 0 Å². The molecule has 2 heteroatoms. The Bertz CT molecular complexity index is 184.